The number of aromatic nitrogens is 1. The highest BCUT2D eigenvalue weighted by Crippen LogP contribution is 2.32. The third kappa shape index (κ3) is 2.31. The number of methoxy groups -OCH3 is 1. The van der Waals surface area contributed by atoms with E-state index in [1.54, 1.807) is 0 Å². The molecule has 0 saturated heterocycles. The normalized spacial score (nSPS) is 11.9. The summed E-state index contributed by atoms with van der Waals surface area (Å²) in [5, 5.41) is 0. The van der Waals surface area contributed by atoms with Gasteiger partial charge in [-0.05, 0) is 6.07 Å². The third-order valence-corrected chi connectivity index (χ3v) is 1.78. The van der Waals surface area contributed by atoms with Crippen LogP contribution in [-0.4, -0.2) is 12.1 Å². The number of rotatable bonds is 2. The van der Waals surface area contributed by atoms with E-state index in [-0.39, 0.29) is 6.07 Å². The van der Waals surface area contributed by atoms with E-state index in [1.807, 2.05) is 0 Å². The fourth-order valence-electron chi connectivity index (χ4n) is 1.07. The average Bonchev–Trinajstić information content (AvgIpc) is 2.15. The maximum atomic E-state index is 12.3. The van der Waals surface area contributed by atoms with Crippen LogP contribution in [0.2, 0.25) is 0 Å². The van der Waals surface area contributed by atoms with Gasteiger partial charge >= 0.3 is 6.18 Å². The van der Waals surface area contributed by atoms with Gasteiger partial charge in [-0.2, -0.15) is 13.2 Å². The Morgan fingerprint density at radius 2 is 1.94 bits per heavy atom. The minimum atomic E-state index is -4.92. The summed E-state index contributed by atoms with van der Waals surface area (Å²) in [6.45, 7) is 0. The molecule has 0 aliphatic heterocycles. The summed E-state index contributed by atoms with van der Waals surface area (Å²) in [6, 6.07) is 0.250. The second-order valence-electron chi connectivity index (χ2n) is 2.79. The molecule has 0 aromatic carbocycles. The first kappa shape index (κ1) is 12.5. The molecule has 0 bridgehead atoms. The molecule has 1 heterocycles. The van der Waals surface area contributed by atoms with E-state index in [9.17, 15) is 26.7 Å². The van der Waals surface area contributed by atoms with E-state index >= 15 is 0 Å². The molecule has 0 aliphatic rings. The van der Waals surface area contributed by atoms with E-state index in [0.29, 0.717) is 0 Å². The lowest BCUT2D eigenvalue weighted by Gasteiger charge is -2.11. The van der Waals surface area contributed by atoms with Crippen molar-refractivity contribution in [3.63, 3.8) is 0 Å². The van der Waals surface area contributed by atoms with Crippen molar-refractivity contribution in [2.24, 2.45) is 0 Å². The summed E-state index contributed by atoms with van der Waals surface area (Å²) in [6.07, 6.45) is -8.04. The number of halogens is 5. The van der Waals surface area contributed by atoms with Crippen LogP contribution in [0.1, 0.15) is 17.7 Å². The van der Waals surface area contributed by atoms with Crippen molar-refractivity contribution in [3.8, 4) is 5.75 Å². The van der Waals surface area contributed by atoms with Gasteiger partial charge in [0.25, 0.3) is 12.0 Å². The molecular formula is C8H6F5NO2. The highest BCUT2D eigenvalue weighted by atomic mass is 19.4. The maximum Gasteiger partial charge on any atom is 0.421 e. The van der Waals surface area contributed by atoms with Gasteiger partial charge in [0.1, 0.15) is 17.0 Å². The number of pyridine rings is 1. The van der Waals surface area contributed by atoms with Crippen molar-refractivity contribution in [1.82, 2.24) is 4.98 Å². The second kappa shape index (κ2) is 4.11. The van der Waals surface area contributed by atoms with Crippen LogP contribution < -0.4 is 10.3 Å². The zero-order valence-corrected chi connectivity index (χ0v) is 7.86. The highest BCUT2D eigenvalue weighted by molar-refractivity contribution is 5.33. The van der Waals surface area contributed by atoms with Crippen LogP contribution in [0.5, 0.6) is 5.75 Å². The molecule has 0 aliphatic carbocycles. The first-order chi connectivity index (χ1) is 7.27. The minimum Gasteiger partial charge on any atom is -0.495 e. The second-order valence-corrected chi connectivity index (χ2v) is 2.79. The number of aromatic amines is 1. The lowest BCUT2D eigenvalue weighted by molar-refractivity contribution is -0.138. The Bertz CT molecular complexity index is 437. The Morgan fingerprint density at radius 1 is 1.38 bits per heavy atom. The van der Waals surface area contributed by atoms with Crippen LogP contribution >= 0.6 is 0 Å². The number of alkyl halides is 5. The number of hydrogen-bond acceptors (Lipinski definition) is 2. The molecule has 1 aromatic rings. The SMILES string of the molecule is COc1cc(C(F)(F)F)c(=O)[nH]c1C(F)F. The molecule has 0 saturated carbocycles. The van der Waals surface area contributed by atoms with Crippen LogP contribution in [0.15, 0.2) is 10.9 Å². The zero-order chi connectivity index (χ0) is 12.5. The van der Waals surface area contributed by atoms with Crippen molar-refractivity contribution in [3.05, 3.63) is 27.7 Å². The van der Waals surface area contributed by atoms with Gasteiger partial charge in [0, 0.05) is 0 Å². The molecule has 1 aromatic heterocycles. The summed E-state index contributed by atoms with van der Waals surface area (Å²) in [7, 11) is 0.930. The van der Waals surface area contributed by atoms with Crippen molar-refractivity contribution >= 4 is 0 Å². The number of H-pyrrole nitrogens is 1. The van der Waals surface area contributed by atoms with Gasteiger partial charge in [0.05, 0.1) is 7.11 Å². The number of ether oxygens (including phenoxy) is 1. The third-order valence-electron chi connectivity index (χ3n) is 1.78. The predicted octanol–water partition coefficient (Wildman–Crippen LogP) is 2.34. The molecule has 8 heteroatoms. The largest absolute Gasteiger partial charge is 0.495 e. The quantitative estimate of drug-likeness (QED) is 0.810. The van der Waals surface area contributed by atoms with E-state index in [1.165, 1.54) is 4.98 Å². The molecule has 0 unspecified atom stereocenters. The molecule has 0 spiro atoms. The van der Waals surface area contributed by atoms with Gasteiger partial charge in [0.2, 0.25) is 0 Å². The van der Waals surface area contributed by atoms with Crippen molar-refractivity contribution in [1.29, 1.82) is 0 Å². The predicted molar refractivity (Wildman–Crippen MR) is 43.6 cm³/mol. The van der Waals surface area contributed by atoms with Crippen LogP contribution in [0.25, 0.3) is 0 Å². The molecule has 0 radical (unpaired) electrons. The van der Waals surface area contributed by atoms with Crippen molar-refractivity contribution < 1.29 is 26.7 Å². The maximum absolute atomic E-state index is 12.3. The highest BCUT2D eigenvalue weighted by Gasteiger charge is 2.35. The monoisotopic (exact) mass is 243 g/mol. The van der Waals surface area contributed by atoms with Crippen LogP contribution in [-0.2, 0) is 6.18 Å². The van der Waals surface area contributed by atoms with E-state index in [4.69, 9.17) is 0 Å². The molecule has 0 fully saturated rings. The van der Waals surface area contributed by atoms with Gasteiger partial charge in [-0.1, -0.05) is 0 Å². The molecular weight excluding hydrogens is 237 g/mol. The van der Waals surface area contributed by atoms with Crippen molar-refractivity contribution in [2.45, 2.75) is 12.6 Å². The summed E-state index contributed by atoms with van der Waals surface area (Å²) in [5.41, 5.74) is -4.17. The van der Waals surface area contributed by atoms with E-state index < -0.39 is 35.2 Å². The Kier molecular flexibility index (Phi) is 3.20. The van der Waals surface area contributed by atoms with Crippen LogP contribution in [0.3, 0.4) is 0 Å². The fourth-order valence-corrected chi connectivity index (χ4v) is 1.07. The number of nitrogens with one attached hydrogen (secondary N) is 1. The molecule has 16 heavy (non-hydrogen) atoms. The topological polar surface area (TPSA) is 42.1 Å². The van der Waals surface area contributed by atoms with Gasteiger partial charge < -0.3 is 9.72 Å². The van der Waals surface area contributed by atoms with E-state index in [0.717, 1.165) is 7.11 Å². The molecule has 1 N–H and O–H groups in total. The summed E-state index contributed by atoms with van der Waals surface area (Å²) >= 11 is 0. The van der Waals surface area contributed by atoms with Gasteiger partial charge in [-0.3, -0.25) is 4.79 Å². The first-order valence-corrected chi connectivity index (χ1v) is 3.94. The molecule has 0 atom stereocenters. The molecule has 90 valence electrons. The summed E-state index contributed by atoms with van der Waals surface area (Å²) in [5.74, 6) is -0.707. The molecule has 3 nitrogen and oxygen atoms in total. The smallest absolute Gasteiger partial charge is 0.421 e. The van der Waals surface area contributed by atoms with Gasteiger partial charge in [-0.25, -0.2) is 8.78 Å². The van der Waals surface area contributed by atoms with E-state index in [2.05, 4.69) is 4.74 Å². The Morgan fingerprint density at radius 3 is 2.31 bits per heavy atom. The van der Waals surface area contributed by atoms with Crippen LogP contribution in [0.4, 0.5) is 22.0 Å². The van der Waals surface area contributed by atoms with Crippen LogP contribution in [0, 0.1) is 0 Å². The van der Waals surface area contributed by atoms with Gasteiger partial charge in [0.15, 0.2) is 0 Å². The number of hydrogen-bond donors (Lipinski definition) is 1. The van der Waals surface area contributed by atoms with Crippen molar-refractivity contribution in [2.75, 3.05) is 7.11 Å². The van der Waals surface area contributed by atoms with Gasteiger partial charge in [-0.15, -0.1) is 0 Å². The summed E-state index contributed by atoms with van der Waals surface area (Å²) in [4.78, 5) is 12.3. The Labute approximate surface area is 85.8 Å². The molecule has 0 amide bonds. The Balaban J connectivity index is 3.44. The standard InChI is InChI=1S/C8H6F5NO2/c1-16-4-2-3(8(11,12)13)7(15)14-5(4)6(9)10/h2,6H,1H3,(H,14,15). The fraction of sp³-hybridized carbons (Fsp3) is 0.375. The Hall–Kier alpha value is -1.60. The zero-order valence-electron chi connectivity index (χ0n) is 7.86. The molecule has 1 rings (SSSR count). The summed E-state index contributed by atoms with van der Waals surface area (Å²) < 4.78 is 65.6. The first-order valence-electron chi connectivity index (χ1n) is 3.94. The average molecular weight is 243 g/mol. The minimum absolute atomic E-state index is 0.250. The lowest BCUT2D eigenvalue weighted by Crippen LogP contribution is -2.23. The lowest BCUT2D eigenvalue weighted by atomic mass is 10.2.